The first-order valence-electron chi connectivity index (χ1n) is 9.32. The van der Waals surface area contributed by atoms with Gasteiger partial charge in [-0.25, -0.2) is 0 Å². The number of carbonyl (C=O) groups excluding carboxylic acids is 1. The molecule has 142 valence electrons. The molecule has 3 heterocycles. The molecule has 1 aliphatic heterocycles. The van der Waals surface area contributed by atoms with Gasteiger partial charge in [0.15, 0.2) is 0 Å². The van der Waals surface area contributed by atoms with Crippen LogP contribution in [0.25, 0.3) is 10.2 Å². The molecule has 1 aromatic carbocycles. The van der Waals surface area contributed by atoms with Crippen molar-refractivity contribution in [2.24, 2.45) is 0 Å². The van der Waals surface area contributed by atoms with Crippen molar-refractivity contribution >= 4 is 27.5 Å². The minimum atomic E-state index is 0.0252. The van der Waals surface area contributed by atoms with Gasteiger partial charge in [-0.15, -0.1) is 11.3 Å². The van der Waals surface area contributed by atoms with Gasteiger partial charge >= 0.3 is 0 Å². The Hall–Kier alpha value is -2.15. The summed E-state index contributed by atoms with van der Waals surface area (Å²) in [5.41, 5.74) is 4.21. The summed E-state index contributed by atoms with van der Waals surface area (Å²) in [7, 11) is 1.85. The van der Waals surface area contributed by atoms with Gasteiger partial charge in [-0.3, -0.25) is 9.69 Å². The summed E-state index contributed by atoms with van der Waals surface area (Å²) in [6.07, 6.45) is 0. The summed E-state index contributed by atoms with van der Waals surface area (Å²) in [5, 5.41) is 0. The molecule has 1 N–H and O–H groups in total. The lowest BCUT2D eigenvalue weighted by atomic mass is 10.2. The monoisotopic (exact) mass is 383 g/mol. The number of rotatable bonds is 5. The summed E-state index contributed by atoms with van der Waals surface area (Å²) in [6, 6.07) is 12.1. The van der Waals surface area contributed by atoms with Crippen molar-refractivity contribution in [3.8, 4) is 0 Å². The molecule has 1 amide bonds. The lowest BCUT2D eigenvalue weighted by molar-refractivity contribution is 0.0343. The summed E-state index contributed by atoms with van der Waals surface area (Å²) in [6.45, 7) is 7.19. The number of hydrogen-bond donors (Lipinski definition) is 1. The van der Waals surface area contributed by atoms with Crippen LogP contribution in [0.3, 0.4) is 0 Å². The normalized spacial score (nSPS) is 15.3. The third kappa shape index (κ3) is 3.93. The summed E-state index contributed by atoms with van der Waals surface area (Å²) >= 11 is 1.76. The Morgan fingerprint density at radius 2 is 2.00 bits per heavy atom. The van der Waals surface area contributed by atoms with Crippen LogP contribution in [0.1, 0.15) is 26.5 Å². The molecule has 0 saturated carbocycles. The van der Waals surface area contributed by atoms with Gasteiger partial charge in [-0.2, -0.15) is 0 Å². The van der Waals surface area contributed by atoms with Gasteiger partial charge < -0.3 is 14.6 Å². The van der Waals surface area contributed by atoms with Gasteiger partial charge in [0, 0.05) is 43.7 Å². The van der Waals surface area contributed by atoms with E-state index in [0.717, 1.165) is 48.6 Å². The number of thiophene rings is 1. The van der Waals surface area contributed by atoms with E-state index in [1.54, 1.807) is 16.2 Å². The number of hydrogen-bond acceptors (Lipinski definition) is 4. The Kier molecular flexibility index (Phi) is 5.29. The Morgan fingerprint density at radius 3 is 2.74 bits per heavy atom. The SMILES string of the molecule is Cc1sc2cc(C(=O)N(C)Cc3ccccc3)[nH]c2c1CN1CCOCC1. The Balaban J connectivity index is 1.53. The standard InChI is InChI=1S/C21H25N3O2S/c1-15-17(14-24-8-10-26-11-9-24)20-19(27-15)12-18(22-20)21(25)23(2)13-16-6-4-3-5-7-16/h3-7,12,22H,8-11,13-14H2,1-2H3. The molecular formula is C21H25N3O2S. The maximum absolute atomic E-state index is 12.9. The first-order valence-corrected chi connectivity index (χ1v) is 10.1. The second-order valence-electron chi connectivity index (χ2n) is 7.09. The van der Waals surface area contributed by atoms with Crippen molar-refractivity contribution < 1.29 is 9.53 Å². The lowest BCUT2D eigenvalue weighted by Gasteiger charge is -2.26. The van der Waals surface area contributed by atoms with Crippen LogP contribution in [0.15, 0.2) is 36.4 Å². The summed E-state index contributed by atoms with van der Waals surface area (Å²) in [5.74, 6) is 0.0252. The van der Waals surface area contributed by atoms with Gasteiger partial charge in [0.2, 0.25) is 0 Å². The highest BCUT2D eigenvalue weighted by molar-refractivity contribution is 7.19. The number of aromatic amines is 1. The van der Waals surface area contributed by atoms with Gasteiger partial charge in [0.05, 0.1) is 23.4 Å². The van der Waals surface area contributed by atoms with E-state index in [2.05, 4.69) is 16.8 Å². The number of morpholine rings is 1. The lowest BCUT2D eigenvalue weighted by Crippen LogP contribution is -2.35. The molecule has 0 aliphatic carbocycles. The molecule has 2 aromatic heterocycles. The maximum Gasteiger partial charge on any atom is 0.270 e. The second kappa shape index (κ2) is 7.84. The van der Waals surface area contributed by atoms with Crippen LogP contribution in [0.4, 0.5) is 0 Å². The number of ether oxygens (including phenoxy) is 1. The topological polar surface area (TPSA) is 48.6 Å². The third-order valence-corrected chi connectivity index (χ3v) is 6.19. The molecule has 27 heavy (non-hydrogen) atoms. The molecule has 0 bridgehead atoms. The molecule has 1 saturated heterocycles. The van der Waals surface area contributed by atoms with Crippen molar-refractivity contribution in [3.05, 3.63) is 58.1 Å². The van der Waals surface area contributed by atoms with Crippen molar-refractivity contribution in [1.29, 1.82) is 0 Å². The summed E-state index contributed by atoms with van der Waals surface area (Å²) in [4.78, 5) is 21.8. The fraction of sp³-hybridized carbons (Fsp3) is 0.381. The zero-order valence-electron chi connectivity index (χ0n) is 15.8. The van der Waals surface area contributed by atoms with E-state index in [-0.39, 0.29) is 5.91 Å². The predicted octanol–water partition coefficient (Wildman–Crippen LogP) is 3.64. The Morgan fingerprint density at radius 1 is 1.26 bits per heavy atom. The molecule has 6 heteroatoms. The number of amides is 1. The van der Waals surface area contributed by atoms with Gasteiger partial charge in [-0.05, 0) is 18.6 Å². The molecule has 0 unspecified atom stereocenters. The van der Waals surface area contributed by atoms with E-state index in [0.29, 0.717) is 12.2 Å². The number of carbonyl (C=O) groups is 1. The third-order valence-electron chi connectivity index (χ3n) is 5.10. The molecule has 4 rings (SSSR count). The Labute approximate surface area is 163 Å². The van der Waals surface area contributed by atoms with Crippen molar-refractivity contribution in [3.63, 3.8) is 0 Å². The van der Waals surface area contributed by atoms with E-state index < -0.39 is 0 Å². The number of nitrogens with one attached hydrogen (secondary N) is 1. The van der Waals surface area contributed by atoms with Gasteiger partial charge in [-0.1, -0.05) is 30.3 Å². The molecule has 0 atom stereocenters. The average molecular weight is 384 g/mol. The number of nitrogens with zero attached hydrogens (tertiary/aromatic N) is 2. The highest BCUT2D eigenvalue weighted by atomic mass is 32.1. The van der Waals surface area contributed by atoms with Crippen molar-refractivity contribution in [2.45, 2.75) is 20.0 Å². The van der Waals surface area contributed by atoms with Gasteiger partial charge in [0.1, 0.15) is 5.69 Å². The second-order valence-corrected chi connectivity index (χ2v) is 8.35. The van der Waals surface area contributed by atoms with Crippen LogP contribution in [0, 0.1) is 6.92 Å². The molecule has 3 aromatic rings. The highest BCUT2D eigenvalue weighted by Crippen LogP contribution is 2.32. The fourth-order valence-corrected chi connectivity index (χ4v) is 4.64. The highest BCUT2D eigenvalue weighted by Gasteiger charge is 2.20. The minimum absolute atomic E-state index is 0.0252. The largest absolute Gasteiger partial charge is 0.379 e. The molecular weight excluding hydrogens is 358 g/mol. The van der Waals surface area contributed by atoms with E-state index in [1.165, 1.54) is 10.4 Å². The van der Waals surface area contributed by atoms with Crippen molar-refractivity contribution in [1.82, 2.24) is 14.8 Å². The van der Waals surface area contributed by atoms with E-state index in [4.69, 9.17) is 4.74 Å². The number of H-pyrrole nitrogens is 1. The maximum atomic E-state index is 12.9. The van der Waals surface area contributed by atoms with Gasteiger partial charge in [0.25, 0.3) is 5.91 Å². The van der Waals surface area contributed by atoms with Crippen LogP contribution in [-0.4, -0.2) is 54.0 Å². The molecule has 1 fully saturated rings. The zero-order chi connectivity index (χ0) is 18.8. The van der Waals surface area contributed by atoms with Crippen LogP contribution < -0.4 is 0 Å². The molecule has 1 aliphatic rings. The number of aryl methyl sites for hydroxylation is 1. The number of aromatic nitrogens is 1. The van der Waals surface area contributed by atoms with Crippen LogP contribution in [0.2, 0.25) is 0 Å². The summed E-state index contributed by atoms with van der Waals surface area (Å²) < 4.78 is 6.61. The molecule has 5 nitrogen and oxygen atoms in total. The quantitative estimate of drug-likeness (QED) is 0.732. The van der Waals surface area contributed by atoms with Crippen LogP contribution in [-0.2, 0) is 17.8 Å². The number of benzene rings is 1. The van der Waals surface area contributed by atoms with E-state index in [9.17, 15) is 4.79 Å². The first-order chi connectivity index (χ1) is 13.1. The molecule has 0 radical (unpaired) electrons. The molecule has 0 spiro atoms. The first kappa shape index (κ1) is 18.2. The van der Waals surface area contributed by atoms with Crippen molar-refractivity contribution in [2.75, 3.05) is 33.4 Å². The van der Waals surface area contributed by atoms with E-state index >= 15 is 0 Å². The van der Waals surface area contributed by atoms with E-state index in [1.807, 2.05) is 43.4 Å². The average Bonchev–Trinajstić information content (AvgIpc) is 3.21. The predicted molar refractivity (Wildman–Crippen MR) is 109 cm³/mol. The smallest absolute Gasteiger partial charge is 0.270 e. The fourth-order valence-electron chi connectivity index (χ4n) is 3.57. The number of fused-ring (bicyclic) bond motifs is 1. The minimum Gasteiger partial charge on any atom is -0.379 e. The van der Waals surface area contributed by atoms with Crippen LogP contribution >= 0.6 is 11.3 Å². The Bertz CT molecular complexity index is 926. The van der Waals surface area contributed by atoms with Crippen LogP contribution in [0.5, 0.6) is 0 Å². The zero-order valence-corrected chi connectivity index (χ0v) is 16.6.